The molecule has 0 saturated carbocycles. The van der Waals surface area contributed by atoms with Crippen molar-refractivity contribution in [2.75, 3.05) is 6.54 Å². The number of nitrogens with zero attached hydrogens (tertiary/aromatic N) is 1. The molecular formula is C8H15NO3. The van der Waals surface area contributed by atoms with E-state index in [2.05, 4.69) is 0 Å². The first-order chi connectivity index (χ1) is 5.40. The summed E-state index contributed by atoms with van der Waals surface area (Å²) in [6.07, 6.45) is 0.686. The minimum absolute atomic E-state index is 0.337. The van der Waals surface area contributed by atoms with Gasteiger partial charge in [0.1, 0.15) is 11.6 Å². The van der Waals surface area contributed by atoms with Crippen LogP contribution < -0.4 is 0 Å². The number of esters is 1. The predicted octanol–water partition coefficient (Wildman–Crippen LogP) is 0.792. The first kappa shape index (κ1) is 9.48. The molecule has 1 rings (SSSR count). The van der Waals surface area contributed by atoms with E-state index in [0.29, 0.717) is 13.0 Å². The standard InChI is InChI=1S/C8H15NO3/c1-8(2,3)12-7(10)6-4-5-9(6)11/h6,11H,4-5H2,1-3H3. The Morgan fingerprint density at radius 2 is 2.17 bits per heavy atom. The Hall–Kier alpha value is -0.610. The van der Waals surface area contributed by atoms with Gasteiger partial charge in [0.2, 0.25) is 0 Å². The molecular weight excluding hydrogens is 158 g/mol. The maximum atomic E-state index is 11.2. The molecule has 0 aromatic carbocycles. The lowest BCUT2D eigenvalue weighted by Gasteiger charge is -2.35. The van der Waals surface area contributed by atoms with Gasteiger partial charge in [-0.05, 0) is 27.2 Å². The van der Waals surface area contributed by atoms with Crippen LogP contribution in [-0.2, 0) is 9.53 Å². The Morgan fingerprint density at radius 1 is 1.58 bits per heavy atom. The number of ether oxygens (including phenoxy) is 1. The van der Waals surface area contributed by atoms with Crippen LogP contribution in [0.15, 0.2) is 0 Å². The second kappa shape index (κ2) is 3.03. The second-order valence-corrected chi connectivity index (χ2v) is 4.00. The number of rotatable bonds is 1. The number of carbonyl (C=O) groups excluding carboxylic acids is 1. The predicted molar refractivity (Wildman–Crippen MR) is 42.7 cm³/mol. The van der Waals surface area contributed by atoms with Crippen LogP contribution in [0, 0.1) is 0 Å². The van der Waals surface area contributed by atoms with E-state index >= 15 is 0 Å². The molecule has 1 aliphatic heterocycles. The Balaban J connectivity index is 2.39. The molecule has 1 fully saturated rings. The number of hydrogen-bond acceptors (Lipinski definition) is 4. The molecule has 0 aromatic rings. The number of hydroxylamine groups is 2. The van der Waals surface area contributed by atoms with Gasteiger partial charge >= 0.3 is 5.97 Å². The third kappa shape index (κ3) is 2.19. The molecule has 4 heteroatoms. The highest BCUT2D eigenvalue weighted by atomic mass is 16.6. The quantitative estimate of drug-likeness (QED) is 0.596. The van der Waals surface area contributed by atoms with Crippen molar-refractivity contribution in [3.8, 4) is 0 Å². The van der Waals surface area contributed by atoms with Crippen LogP contribution in [0.3, 0.4) is 0 Å². The van der Waals surface area contributed by atoms with Crippen molar-refractivity contribution in [3.05, 3.63) is 0 Å². The summed E-state index contributed by atoms with van der Waals surface area (Å²) >= 11 is 0. The minimum Gasteiger partial charge on any atom is -0.459 e. The van der Waals surface area contributed by atoms with Crippen LogP contribution in [0.1, 0.15) is 27.2 Å². The SMILES string of the molecule is CC(C)(C)OC(=O)C1CCN1O. The fourth-order valence-electron chi connectivity index (χ4n) is 0.983. The van der Waals surface area contributed by atoms with Gasteiger partial charge < -0.3 is 9.94 Å². The summed E-state index contributed by atoms with van der Waals surface area (Å²) in [6.45, 7) is 5.99. The zero-order chi connectivity index (χ0) is 9.35. The van der Waals surface area contributed by atoms with Crippen molar-refractivity contribution in [1.82, 2.24) is 5.06 Å². The topological polar surface area (TPSA) is 49.8 Å². The molecule has 1 unspecified atom stereocenters. The van der Waals surface area contributed by atoms with E-state index in [1.807, 2.05) is 20.8 Å². The molecule has 4 nitrogen and oxygen atoms in total. The van der Waals surface area contributed by atoms with Crippen molar-refractivity contribution in [3.63, 3.8) is 0 Å². The Kier molecular flexibility index (Phi) is 2.39. The fourth-order valence-corrected chi connectivity index (χ4v) is 0.983. The third-order valence-electron chi connectivity index (χ3n) is 1.67. The molecule has 0 radical (unpaired) electrons. The second-order valence-electron chi connectivity index (χ2n) is 4.00. The minimum atomic E-state index is -0.465. The summed E-state index contributed by atoms with van der Waals surface area (Å²) in [7, 11) is 0. The highest BCUT2D eigenvalue weighted by Gasteiger charge is 2.36. The molecule has 1 N–H and O–H groups in total. The summed E-state index contributed by atoms with van der Waals surface area (Å²) in [5.41, 5.74) is -0.465. The smallest absolute Gasteiger partial charge is 0.326 e. The van der Waals surface area contributed by atoms with Crippen LogP contribution in [0.5, 0.6) is 0 Å². The molecule has 0 bridgehead atoms. The van der Waals surface area contributed by atoms with Gasteiger partial charge in [-0.25, -0.2) is 0 Å². The zero-order valence-electron chi connectivity index (χ0n) is 7.70. The van der Waals surface area contributed by atoms with Gasteiger partial charge in [0, 0.05) is 6.54 Å². The van der Waals surface area contributed by atoms with E-state index in [-0.39, 0.29) is 5.97 Å². The molecule has 0 aromatic heterocycles. The molecule has 1 heterocycles. The lowest BCUT2D eigenvalue weighted by molar-refractivity contribution is -0.210. The van der Waals surface area contributed by atoms with E-state index in [1.165, 1.54) is 0 Å². The van der Waals surface area contributed by atoms with Crippen LogP contribution in [-0.4, -0.2) is 34.4 Å². The molecule has 0 amide bonds. The van der Waals surface area contributed by atoms with E-state index < -0.39 is 11.6 Å². The highest BCUT2D eigenvalue weighted by molar-refractivity contribution is 5.76. The van der Waals surface area contributed by atoms with E-state index in [9.17, 15) is 4.79 Å². The molecule has 1 aliphatic rings. The molecule has 0 spiro atoms. The Bertz CT molecular complexity index is 185. The number of hydrogen-bond donors (Lipinski definition) is 1. The zero-order valence-corrected chi connectivity index (χ0v) is 7.70. The normalized spacial score (nSPS) is 24.8. The summed E-state index contributed by atoms with van der Waals surface area (Å²) in [5.74, 6) is -0.337. The van der Waals surface area contributed by atoms with Crippen LogP contribution in [0.4, 0.5) is 0 Å². The summed E-state index contributed by atoms with van der Waals surface area (Å²) in [5, 5.41) is 10.0. The van der Waals surface area contributed by atoms with Crippen LogP contribution in [0.25, 0.3) is 0 Å². The van der Waals surface area contributed by atoms with Crippen molar-refractivity contribution in [2.24, 2.45) is 0 Å². The van der Waals surface area contributed by atoms with Crippen molar-refractivity contribution in [2.45, 2.75) is 38.8 Å². The first-order valence-corrected chi connectivity index (χ1v) is 4.08. The molecule has 70 valence electrons. The lowest BCUT2D eigenvalue weighted by Crippen LogP contribution is -2.52. The van der Waals surface area contributed by atoms with Gasteiger partial charge in [0.25, 0.3) is 0 Å². The first-order valence-electron chi connectivity index (χ1n) is 4.08. The van der Waals surface area contributed by atoms with Gasteiger partial charge in [0.15, 0.2) is 0 Å². The van der Waals surface area contributed by atoms with E-state index in [1.54, 1.807) is 0 Å². The van der Waals surface area contributed by atoms with Crippen LogP contribution >= 0.6 is 0 Å². The van der Waals surface area contributed by atoms with Gasteiger partial charge in [-0.15, -0.1) is 0 Å². The summed E-state index contributed by atoms with van der Waals surface area (Å²) in [6, 6.07) is -0.441. The fraction of sp³-hybridized carbons (Fsp3) is 0.875. The number of carbonyl (C=O) groups is 1. The lowest BCUT2D eigenvalue weighted by atomic mass is 10.1. The maximum absolute atomic E-state index is 11.2. The average Bonchev–Trinajstić information content (AvgIpc) is 1.79. The van der Waals surface area contributed by atoms with E-state index in [4.69, 9.17) is 9.94 Å². The molecule has 1 atom stereocenters. The Labute approximate surface area is 72.1 Å². The monoisotopic (exact) mass is 173 g/mol. The van der Waals surface area contributed by atoms with E-state index in [0.717, 1.165) is 5.06 Å². The van der Waals surface area contributed by atoms with Gasteiger partial charge in [0.05, 0.1) is 0 Å². The molecule has 0 aliphatic carbocycles. The molecule has 12 heavy (non-hydrogen) atoms. The largest absolute Gasteiger partial charge is 0.459 e. The maximum Gasteiger partial charge on any atom is 0.326 e. The summed E-state index contributed by atoms with van der Waals surface area (Å²) in [4.78, 5) is 11.2. The summed E-state index contributed by atoms with van der Waals surface area (Å²) < 4.78 is 5.07. The van der Waals surface area contributed by atoms with Gasteiger partial charge in [-0.2, -0.15) is 5.06 Å². The Morgan fingerprint density at radius 3 is 2.42 bits per heavy atom. The average molecular weight is 173 g/mol. The van der Waals surface area contributed by atoms with Crippen molar-refractivity contribution in [1.29, 1.82) is 0 Å². The van der Waals surface area contributed by atoms with Crippen LogP contribution in [0.2, 0.25) is 0 Å². The van der Waals surface area contributed by atoms with Gasteiger partial charge in [-0.1, -0.05) is 0 Å². The molecule has 1 saturated heterocycles. The van der Waals surface area contributed by atoms with Gasteiger partial charge in [-0.3, -0.25) is 4.79 Å². The van der Waals surface area contributed by atoms with Crippen molar-refractivity contribution < 1.29 is 14.7 Å². The highest BCUT2D eigenvalue weighted by Crippen LogP contribution is 2.18. The third-order valence-corrected chi connectivity index (χ3v) is 1.67. The van der Waals surface area contributed by atoms with Crippen molar-refractivity contribution >= 4 is 5.97 Å².